The molecule has 2 aliphatic rings. The predicted octanol–water partition coefficient (Wildman–Crippen LogP) is 2.72. The van der Waals surface area contributed by atoms with E-state index >= 15 is 0 Å². The molecule has 0 unspecified atom stereocenters. The van der Waals surface area contributed by atoms with Crippen molar-refractivity contribution in [1.29, 1.82) is 0 Å². The zero-order chi connectivity index (χ0) is 19.5. The lowest BCUT2D eigenvalue weighted by Crippen LogP contribution is -2.51. The maximum absolute atomic E-state index is 12.9. The Morgan fingerprint density at radius 3 is 2.64 bits per heavy atom. The lowest BCUT2D eigenvalue weighted by Gasteiger charge is -2.39. The van der Waals surface area contributed by atoms with Crippen LogP contribution in [0.5, 0.6) is 0 Å². The molecule has 0 saturated heterocycles. The maximum Gasteiger partial charge on any atom is 0.242 e. The molecule has 2 heterocycles. The molecule has 3 N–H and O–H groups in total. The summed E-state index contributed by atoms with van der Waals surface area (Å²) in [5.41, 5.74) is 7.93. The highest BCUT2D eigenvalue weighted by Gasteiger charge is 2.36. The van der Waals surface area contributed by atoms with Gasteiger partial charge in [-0.1, -0.05) is 62.4 Å². The zero-order valence-corrected chi connectivity index (χ0v) is 16.3. The van der Waals surface area contributed by atoms with Gasteiger partial charge in [-0.25, -0.2) is 4.98 Å². The molecule has 1 saturated carbocycles. The fourth-order valence-corrected chi connectivity index (χ4v) is 4.66. The van der Waals surface area contributed by atoms with Crippen molar-refractivity contribution >= 4 is 5.91 Å². The second-order valence-electron chi connectivity index (χ2n) is 8.12. The van der Waals surface area contributed by atoms with E-state index in [4.69, 9.17) is 10.7 Å². The van der Waals surface area contributed by atoms with Gasteiger partial charge in [0.25, 0.3) is 0 Å². The summed E-state index contributed by atoms with van der Waals surface area (Å²) in [4.78, 5) is 19.7. The average molecular weight is 383 g/mol. The monoisotopic (exact) mass is 382 g/mol. The molecule has 1 fully saturated rings. The van der Waals surface area contributed by atoms with Crippen molar-refractivity contribution in [3.63, 3.8) is 0 Å². The first kappa shape index (κ1) is 19.2. The summed E-state index contributed by atoms with van der Waals surface area (Å²) in [5, 5.41) is 9.40. The zero-order valence-electron chi connectivity index (χ0n) is 16.3. The number of carbonyl (C=O) groups is 1. The van der Waals surface area contributed by atoms with Crippen LogP contribution >= 0.6 is 0 Å². The number of hydrogen-bond acceptors (Lipinski definition) is 4. The van der Waals surface area contributed by atoms with Gasteiger partial charge in [0.1, 0.15) is 11.9 Å². The highest BCUT2D eigenvalue weighted by Crippen LogP contribution is 2.37. The molecule has 1 aromatic heterocycles. The largest absolute Gasteiger partial charge is 0.394 e. The van der Waals surface area contributed by atoms with Crippen LogP contribution in [0.15, 0.2) is 36.5 Å². The van der Waals surface area contributed by atoms with Gasteiger partial charge in [-0.2, -0.15) is 0 Å². The second kappa shape index (κ2) is 8.45. The molecule has 28 heavy (non-hydrogen) atoms. The van der Waals surface area contributed by atoms with Crippen molar-refractivity contribution in [2.75, 3.05) is 13.2 Å². The summed E-state index contributed by atoms with van der Waals surface area (Å²) in [6.07, 6.45) is 9.32. The molecule has 6 heteroatoms. The summed E-state index contributed by atoms with van der Waals surface area (Å²) >= 11 is 0. The van der Waals surface area contributed by atoms with Crippen LogP contribution in [0.4, 0.5) is 0 Å². The number of aliphatic hydroxyl groups is 1. The van der Waals surface area contributed by atoms with Gasteiger partial charge in [0.05, 0.1) is 18.3 Å². The fourth-order valence-electron chi connectivity index (χ4n) is 4.66. The Labute approximate surface area is 166 Å². The van der Waals surface area contributed by atoms with Crippen LogP contribution in [0.25, 0.3) is 11.3 Å². The minimum atomic E-state index is -0.857. The second-order valence-corrected chi connectivity index (χ2v) is 8.12. The molecule has 0 bridgehead atoms. The molecule has 1 aliphatic heterocycles. The third kappa shape index (κ3) is 3.84. The number of aromatic nitrogens is 2. The van der Waals surface area contributed by atoms with E-state index in [2.05, 4.69) is 22.9 Å². The molecule has 150 valence electrons. The van der Waals surface area contributed by atoms with Gasteiger partial charge >= 0.3 is 0 Å². The van der Waals surface area contributed by atoms with E-state index in [0.29, 0.717) is 19.0 Å². The van der Waals surface area contributed by atoms with E-state index in [1.807, 2.05) is 23.1 Å². The minimum absolute atomic E-state index is 0.0700. The standard InChI is InChI=1S/C22H30N4O2/c23-18(15-27)22(28)26-12-11-25-14-19(17-9-5-2-6-10-17)24-21(25)20(26)13-16-7-3-1-4-8-16/h2,5-6,9-10,14,16,18,20,27H,1,3-4,7-8,11-13,15,23H2/t18-,20-/m0/s1. The normalized spacial score (nSPS) is 21.4. The Morgan fingerprint density at radius 2 is 1.93 bits per heavy atom. The maximum atomic E-state index is 12.9. The smallest absolute Gasteiger partial charge is 0.242 e. The van der Waals surface area contributed by atoms with E-state index in [1.54, 1.807) is 0 Å². The van der Waals surface area contributed by atoms with E-state index in [9.17, 15) is 9.90 Å². The van der Waals surface area contributed by atoms with E-state index < -0.39 is 6.04 Å². The Kier molecular flexibility index (Phi) is 5.78. The number of carbonyl (C=O) groups excluding carboxylic acids is 1. The highest BCUT2D eigenvalue weighted by molar-refractivity contribution is 5.82. The third-order valence-electron chi connectivity index (χ3n) is 6.21. The van der Waals surface area contributed by atoms with E-state index in [0.717, 1.165) is 23.5 Å². The minimum Gasteiger partial charge on any atom is -0.394 e. The third-order valence-corrected chi connectivity index (χ3v) is 6.21. The number of imidazole rings is 1. The summed E-state index contributed by atoms with van der Waals surface area (Å²) in [6, 6.07) is 9.24. The molecular formula is C22H30N4O2. The number of rotatable bonds is 5. The van der Waals surface area contributed by atoms with Crippen molar-refractivity contribution in [2.24, 2.45) is 11.7 Å². The number of benzene rings is 1. The quantitative estimate of drug-likeness (QED) is 0.833. The Morgan fingerprint density at radius 1 is 1.18 bits per heavy atom. The average Bonchev–Trinajstić information content (AvgIpc) is 3.19. The van der Waals surface area contributed by atoms with Gasteiger partial charge in [-0.15, -0.1) is 0 Å². The van der Waals surface area contributed by atoms with Crippen LogP contribution < -0.4 is 5.73 Å². The van der Waals surface area contributed by atoms with Gasteiger partial charge in [0.15, 0.2) is 0 Å². The van der Waals surface area contributed by atoms with Crippen molar-refractivity contribution in [3.8, 4) is 11.3 Å². The number of aliphatic hydroxyl groups excluding tert-OH is 1. The molecular weight excluding hydrogens is 352 g/mol. The summed E-state index contributed by atoms with van der Waals surface area (Å²) < 4.78 is 2.20. The number of amides is 1. The lowest BCUT2D eigenvalue weighted by atomic mass is 9.84. The highest BCUT2D eigenvalue weighted by atomic mass is 16.3. The first-order valence-corrected chi connectivity index (χ1v) is 10.5. The Balaban J connectivity index is 1.66. The molecule has 1 amide bonds. The molecule has 2 atom stereocenters. The Hall–Kier alpha value is -2.18. The van der Waals surface area contributed by atoms with Crippen molar-refractivity contribution in [2.45, 2.75) is 57.2 Å². The van der Waals surface area contributed by atoms with Gasteiger partial charge in [0, 0.05) is 24.8 Å². The Bertz CT molecular complexity index is 798. The van der Waals surface area contributed by atoms with Crippen LogP contribution in [0.3, 0.4) is 0 Å². The topological polar surface area (TPSA) is 84.4 Å². The van der Waals surface area contributed by atoms with Crippen molar-refractivity contribution < 1.29 is 9.90 Å². The summed E-state index contributed by atoms with van der Waals surface area (Å²) in [7, 11) is 0. The van der Waals surface area contributed by atoms with Crippen LogP contribution in [-0.2, 0) is 11.3 Å². The number of hydrogen-bond donors (Lipinski definition) is 2. The molecule has 0 spiro atoms. The number of nitrogens with two attached hydrogens (primary N) is 1. The SMILES string of the molecule is N[C@@H](CO)C(=O)N1CCn2cc(-c3ccccc3)nc2[C@@H]1CC1CCCCC1. The summed E-state index contributed by atoms with van der Waals surface area (Å²) in [5.74, 6) is 1.40. The van der Waals surface area contributed by atoms with Gasteiger partial charge in [0.2, 0.25) is 5.91 Å². The first-order chi connectivity index (χ1) is 13.7. The first-order valence-electron chi connectivity index (χ1n) is 10.5. The van der Waals surface area contributed by atoms with Crippen LogP contribution in [0.2, 0.25) is 0 Å². The van der Waals surface area contributed by atoms with Crippen LogP contribution in [0, 0.1) is 5.92 Å². The molecule has 2 aromatic rings. The molecule has 1 aromatic carbocycles. The fraction of sp³-hybridized carbons (Fsp3) is 0.545. The predicted molar refractivity (Wildman–Crippen MR) is 108 cm³/mol. The molecule has 4 rings (SSSR count). The van der Waals surface area contributed by atoms with Crippen LogP contribution in [0.1, 0.15) is 50.4 Å². The summed E-state index contributed by atoms with van der Waals surface area (Å²) in [6.45, 7) is 0.997. The van der Waals surface area contributed by atoms with Gasteiger partial charge < -0.3 is 20.3 Å². The van der Waals surface area contributed by atoms with Crippen LogP contribution in [-0.4, -0.2) is 44.7 Å². The van der Waals surface area contributed by atoms with Gasteiger partial charge in [-0.05, 0) is 12.3 Å². The molecule has 6 nitrogen and oxygen atoms in total. The lowest BCUT2D eigenvalue weighted by molar-refractivity contribution is -0.137. The van der Waals surface area contributed by atoms with E-state index in [1.165, 1.54) is 32.1 Å². The van der Waals surface area contributed by atoms with Crippen molar-refractivity contribution in [1.82, 2.24) is 14.5 Å². The van der Waals surface area contributed by atoms with Gasteiger partial charge in [-0.3, -0.25) is 4.79 Å². The molecule has 1 aliphatic carbocycles. The van der Waals surface area contributed by atoms with Crippen molar-refractivity contribution in [3.05, 3.63) is 42.4 Å². The number of fused-ring (bicyclic) bond motifs is 1. The molecule has 0 radical (unpaired) electrons. The van der Waals surface area contributed by atoms with E-state index in [-0.39, 0.29) is 18.6 Å². The number of nitrogens with zero attached hydrogens (tertiary/aromatic N) is 3.